The first kappa shape index (κ1) is 9.74. The van der Waals surface area contributed by atoms with E-state index in [1.165, 1.54) is 11.3 Å². The van der Waals surface area contributed by atoms with Gasteiger partial charge in [0, 0.05) is 0 Å². The van der Waals surface area contributed by atoms with Crippen molar-refractivity contribution in [2.45, 2.75) is 20.0 Å². The lowest BCUT2D eigenvalue weighted by Gasteiger charge is -2.08. The van der Waals surface area contributed by atoms with Crippen molar-refractivity contribution in [3.63, 3.8) is 0 Å². The molecule has 1 aromatic carbocycles. The molecule has 2 rings (SSSR count). The number of hydrogen-bond acceptors (Lipinski definition) is 3. The normalized spacial score (nSPS) is 11.1. The summed E-state index contributed by atoms with van der Waals surface area (Å²) in [7, 11) is 0. The number of nitrogens with zero attached hydrogens (tertiary/aromatic N) is 1. The van der Waals surface area contributed by atoms with Gasteiger partial charge >= 0.3 is 0 Å². The summed E-state index contributed by atoms with van der Waals surface area (Å²) in [5.74, 6) is 0.868. The molecule has 74 valence electrons. The number of aromatic nitrogens is 1. The van der Waals surface area contributed by atoms with Crippen LogP contribution in [-0.2, 0) is 0 Å². The molecular formula is C10H10ClNOS. The van der Waals surface area contributed by atoms with Gasteiger partial charge in [-0.25, -0.2) is 4.98 Å². The summed E-state index contributed by atoms with van der Waals surface area (Å²) < 4.78 is 7.20. The van der Waals surface area contributed by atoms with E-state index in [1.807, 2.05) is 32.0 Å². The van der Waals surface area contributed by atoms with E-state index in [9.17, 15) is 0 Å². The van der Waals surface area contributed by atoms with Gasteiger partial charge < -0.3 is 4.74 Å². The minimum absolute atomic E-state index is 0.191. The van der Waals surface area contributed by atoms with Gasteiger partial charge in [-0.05, 0) is 32.0 Å². The molecule has 0 aliphatic carbocycles. The molecule has 0 spiro atoms. The average molecular weight is 228 g/mol. The summed E-state index contributed by atoms with van der Waals surface area (Å²) in [6.45, 7) is 4.01. The van der Waals surface area contributed by atoms with Crippen LogP contribution in [0.25, 0.3) is 10.2 Å². The minimum atomic E-state index is 0.191. The van der Waals surface area contributed by atoms with E-state index in [4.69, 9.17) is 16.3 Å². The molecule has 2 nitrogen and oxygen atoms in total. The van der Waals surface area contributed by atoms with E-state index < -0.39 is 0 Å². The highest BCUT2D eigenvalue weighted by Gasteiger charge is 2.04. The summed E-state index contributed by atoms with van der Waals surface area (Å²) in [5, 5.41) is 0. The lowest BCUT2D eigenvalue weighted by atomic mass is 10.3. The number of hydrogen-bond donors (Lipinski definition) is 0. The van der Waals surface area contributed by atoms with E-state index in [0.717, 1.165) is 16.0 Å². The van der Waals surface area contributed by atoms with Gasteiger partial charge in [0.2, 0.25) is 0 Å². The molecule has 4 heteroatoms. The third-order valence-electron chi connectivity index (χ3n) is 1.71. The van der Waals surface area contributed by atoms with E-state index in [2.05, 4.69) is 4.98 Å². The number of benzene rings is 1. The van der Waals surface area contributed by atoms with Crippen LogP contribution in [0.15, 0.2) is 18.2 Å². The van der Waals surface area contributed by atoms with Gasteiger partial charge in [-0.15, -0.1) is 11.3 Å². The highest BCUT2D eigenvalue weighted by Crippen LogP contribution is 2.29. The standard InChI is InChI=1S/C10H10ClNOS/c1-6(2)13-7-3-4-8-9(5-7)14-10(11)12-8/h3-6H,1-2H3. The minimum Gasteiger partial charge on any atom is -0.491 e. The first-order valence-electron chi connectivity index (χ1n) is 4.38. The van der Waals surface area contributed by atoms with Gasteiger partial charge in [0.25, 0.3) is 0 Å². The second kappa shape index (κ2) is 3.75. The fourth-order valence-corrected chi connectivity index (χ4v) is 2.28. The van der Waals surface area contributed by atoms with Crippen LogP contribution < -0.4 is 4.74 Å². The summed E-state index contributed by atoms with van der Waals surface area (Å²) in [6.07, 6.45) is 0.191. The fraction of sp³-hybridized carbons (Fsp3) is 0.300. The van der Waals surface area contributed by atoms with Gasteiger partial charge in [0.1, 0.15) is 5.75 Å². The predicted molar refractivity (Wildman–Crippen MR) is 60.4 cm³/mol. The Balaban J connectivity index is 2.40. The Bertz CT molecular complexity index is 452. The van der Waals surface area contributed by atoms with Crippen molar-refractivity contribution in [3.05, 3.63) is 22.7 Å². The second-order valence-electron chi connectivity index (χ2n) is 3.26. The fourth-order valence-electron chi connectivity index (χ4n) is 1.22. The summed E-state index contributed by atoms with van der Waals surface area (Å²) in [5.41, 5.74) is 0.927. The zero-order valence-corrected chi connectivity index (χ0v) is 9.52. The van der Waals surface area contributed by atoms with Crippen molar-refractivity contribution in [2.75, 3.05) is 0 Å². The topological polar surface area (TPSA) is 22.1 Å². The Morgan fingerprint density at radius 3 is 2.93 bits per heavy atom. The van der Waals surface area contributed by atoms with Gasteiger partial charge in [0.15, 0.2) is 4.47 Å². The molecule has 0 aliphatic rings. The van der Waals surface area contributed by atoms with Crippen LogP contribution in [0.2, 0.25) is 4.47 Å². The molecule has 0 amide bonds. The van der Waals surface area contributed by atoms with Crippen molar-refractivity contribution in [1.29, 1.82) is 0 Å². The molecular weight excluding hydrogens is 218 g/mol. The average Bonchev–Trinajstić information content (AvgIpc) is 2.42. The first-order valence-corrected chi connectivity index (χ1v) is 5.57. The van der Waals surface area contributed by atoms with Gasteiger partial charge in [0.05, 0.1) is 16.3 Å². The smallest absolute Gasteiger partial charge is 0.184 e. The van der Waals surface area contributed by atoms with E-state index in [0.29, 0.717) is 4.47 Å². The Labute approximate surface area is 91.5 Å². The van der Waals surface area contributed by atoms with Crippen LogP contribution in [0.3, 0.4) is 0 Å². The maximum atomic E-state index is 5.81. The van der Waals surface area contributed by atoms with Crippen molar-refractivity contribution in [2.24, 2.45) is 0 Å². The highest BCUT2D eigenvalue weighted by atomic mass is 35.5. The number of fused-ring (bicyclic) bond motifs is 1. The molecule has 1 heterocycles. The molecule has 0 radical (unpaired) electrons. The summed E-state index contributed by atoms with van der Waals surface area (Å²) in [6, 6.07) is 5.81. The first-order chi connectivity index (χ1) is 6.65. The molecule has 2 aromatic rings. The van der Waals surface area contributed by atoms with Crippen LogP contribution in [0.5, 0.6) is 5.75 Å². The molecule has 0 atom stereocenters. The quantitative estimate of drug-likeness (QED) is 0.780. The molecule has 14 heavy (non-hydrogen) atoms. The Hall–Kier alpha value is -0.800. The van der Waals surface area contributed by atoms with E-state index in [-0.39, 0.29) is 6.10 Å². The third-order valence-corrected chi connectivity index (χ3v) is 2.83. The van der Waals surface area contributed by atoms with Crippen LogP contribution >= 0.6 is 22.9 Å². The Morgan fingerprint density at radius 2 is 2.21 bits per heavy atom. The van der Waals surface area contributed by atoms with E-state index in [1.54, 1.807) is 0 Å². The zero-order chi connectivity index (χ0) is 10.1. The molecule has 0 saturated carbocycles. The third kappa shape index (κ3) is 1.99. The molecule has 1 aromatic heterocycles. The van der Waals surface area contributed by atoms with Crippen molar-refractivity contribution in [1.82, 2.24) is 4.98 Å². The van der Waals surface area contributed by atoms with Crippen LogP contribution in [0, 0.1) is 0 Å². The maximum Gasteiger partial charge on any atom is 0.184 e. The molecule has 0 unspecified atom stereocenters. The van der Waals surface area contributed by atoms with Crippen molar-refractivity contribution in [3.8, 4) is 5.75 Å². The lowest BCUT2D eigenvalue weighted by molar-refractivity contribution is 0.243. The largest absolute Gasteiger partial charge is 0.491 e. The molecule has 0 N–H and O–H groups in total. The maximum absolute atomic E-state index is 5.81. The van der Waals surface area contributed by atoms with Crippen LogP contribution in [0.4, 0.5) is 0 Å². The monoisotopic (exact) mass is 227 g/mol. The molecule has 0 fully saturated rings. The Kier molecular flexibility index (Phi) is 2.61. The van der Waals surface area contributed by atoms with Crippen LogP contribution in [-0.4, -0.2) is 11.1 Å². The number of ether oxygens (including phenoxy) is 1. The molecule has 0 bridgehead atoms. The van der Waals surface area contributed by atoms with Crippen LogP contribution in [0.1, 0.15) is 13.8 Å². The van der Waals surface area contributed by atoms with E-state index >= 15 is 0 Å². The number of rotatable bonds is 2. The van der Waals surface area contributed by atoms with Crippen molar-refractivity contribution < 1.29 is 4.74 Å². The zero-order valence-electron chi connectivity index (χ0n) is 7.95. The SMILES string of the molecule is CC(C)Oc1ccc2nc(Cl)sc2c1. The highest BCUT2D eigenvalue weighted by molar-refractivity contribution is 7.22. The van der Waals surface area contributed by atoms with Gasteiger partial charge in [-0.3, -0.25) is 0 Å². The molecule has 0 aliphatic heterocycles. The number of halogens is 1. The van der Waals surface area contributed by atoms with Gasteiger partial charge in [-0.1, -0.05) is 11.6 Å². The van der Waals surface area contributed by atoms with Crippen molar-refractivity contribution >= 4 is 33.2 Å². The number of thiazole rings is 1. The summed E-state index contributed by atoms with van der Waals surface area (Å²) >= 11 is 7.28. The predicted octanol–water partition coefficient (Wildman–Crippen LogP) is 3.74. The summed E-state index contributed by atoms with van der Waals surface area (Å²) in [4.78, 5) is 4.16. The molecule has 0 saturated heterocycles. The Morgan fingerprint density at radius 1 is 1.43 bits per heavy atom. The van der Waals surface area contributed by atoms with Gasteiger partial charge in [-0.2, -0.15) is 0 Å². The lowest BCUT2D eigenvalue weighted by Crippen LogP contribution is -2.04. The second-order valence-corrected chi connectivity index (χ2v) is 4.88.